The molecule has 0 saturated heterocycles. The van der Waals surface area contributed by atoms with Crippen LogP contribution in [0.25, 0.3) is 0 Å². The summed E-state index contributed by atoms with van der Waals surface area (Å²) in [6.45, 7) is 4.11. The van der Waals surface area contributed by atoms with Crippen LogP contribution in [0.2, 0.25) is 0 Å². The molecule has 0 saturated carbocycles. The van der Waals surface area contributed by atoms with Crippen LogP contribution in [-0.4, -0.2) is 37.3 Å². The molecule has 0 bridgehead atoms. The Bertz CT molecular complexity index is 599. The Balaban J connectivity index is 2.97. The monoisotopic (exact) mass is 382 g/mol. The molecule has 6 heteroatoms. The third-order valence-electron chi connectivity index (χ3n) is 4.39. The number of methoxy groups -OCH3 is 1. The van der Waals surface area contributed by atoms with E-state index in [1.807, 2.05) is 6.07 Å². The molecule has 2 unspecified atom stereocenters. The Kier molecular flexibility index (Phi) is 10.5. The third kappa shape index (κ3) is 7.43. The zero-order valence-corrected chi connectivity index (χ0v) is 17.0. The van der Waals surface area contributed by atoms with Gasteiger partial charge in [-0.2, -0.15) is 0 Å². The van der Waals surface area contributed by atoms with Gasteiger partial charge in [-0.25, -0.2) is 0 Å². The van der Waals surface area contributed by atoms with Crippen LogP contribution in [0.5, 0.6) is 0 Å². The predicted molar refractivity (Wildman–Crippen MR) is 104 cm³/mol. The maximum absolute atomic E-state index is 13.4. The lowest BCUT2D eigenvalue weighted by Gasteiger charge is -2.26. The smallest absolute Gasteiger partial charge is 0.315 e. The Morgan fingerprint density at radius 3 is 2.35 bits per heavy atom. The van der Waals surface area contributed by atoms with Gasteiger partial charge < -0.3 is 9.26 Å². The van der Waals surface area contributed by atoms with E-state index < -0.39 is 19.0 Å². The van der Waals surface area contributed by atoms with Gasteiger partial charge in [0.05, 0.1) is 13.7 Å². The molecule has 1 rings (SSSR count). The lowest BCUT2D eigenvalue weighted by molar-refractivity contribution is -0.137. The van der Waals surface area contributed by atoms with Gasteiger partial charge in [0.15, 0.2) is 5.78 Å². The minimum absolute atomic E-state index is 0.0733. The van der Waals surface area contributed by atoms with Crippen molar-refractivity contribution in [1.82, 2.24) is 0 Å². The van der Waals surface area contributed by atoms with Gasteiger partial charge in [0, 0.05) is 17.6 Å². The second-order valence-corrected chi connectivity index (χ2v) is 9.13. The van der Waals surface area contributed by atoms with E-state index >= 15 is 0 Å². The average molecular weight is 382 g/mol. The molecule has 146 valence electrons. The summed E-state index contributed by atoms with van der Waals surface area (Å²) in [5, 5.41) is 0. The maximum Gasteiger partial charge on any atom is 0.315 e. The van der Waals surface area contributed by atoms with Gasteiger partial charge in [0.1, 0.15) is 6.16 Å². The van der Waals surface area contributed by atoms with Gasteiger partial charge >= 0.3 is 5.97 Å². The SMILES string of the molecule is CCCCCCC(CC(=O)c1ccccc1)P(=O)(CC(=O)OC)OCC. The zero-order valence-electron chi connectivity index (χ0n) is 16.1. The first-order valence-corrected chi connectivity index (χ1v) is 11.2. The average Bonchev–Trinajstić information content (AvgIpc) is 2.64. The molecule has 1 aromatic rings. The van der Waals surface area contributed by atoms with Crippen LogP contribution in [0.15, 0.2) is 30.3 Å². The molecule has 0 fully saturated rings. The normalized spacial score (nSPS) is 14.4. The van der Waals surface area contributed by atoms with Crippen molar-refractivity contribution < 1.29 is 23.4 Å². The summed E-state index contributed by atoms with van der Waals surface area (Å²) in [6.07, 6.45) is 4.50. The van der Waals surface area contributed by atoms with Crippen molar-refractivity contribution in [3.63, 3.8) is 0 Å². The quantitative estimate of drug-likeness (QED) is 0.206. The minimum Gasteiger partial charge on any atom is -0.469 e. The highest BCUT2D eigenvalue weighted by Gasteiger charge is 2.37. The number of esters is 1. The molecule has 0 amide bonds. The van der Waals surface area contributed by atoms with E-state index in [9.17, 15) is 14.2 Å². The minimum atomic E-state index is -3.32. The number of hydrogen-bond donors (Lipinski definition) is 0. The largest absolute Gasteiger partial charge is 0.469 e. The zero-order chi connectivity index (χ0) is 19.4. The number of carbonyl (C=O) groups is 2. The van der Waals surface area contributed by atoms with Crippen LogP contribution < -0.4 is 0 Å². The first kappa shape index (κ1) is 22.6. The number of benzene rings is 1. The van der Waals surface area contributed by atoms with Crippen molar-refractivity contribution in [1.29, 1.82) is 0 Å². The van der Waals surface area contributed by atoms with Gasteiger partial charge in [0.2, 0.25) is 7.37 Å². The molecule has 0 radical (unpaired) electrons. The van der Waals surface area contributed by atoms with Crippen molar-refractivity contribution >= 4 is 19.1 Å². The summed E-state index contributed by atoms with van der Waals surface area (Å²) in [4.78, 5) is 24.4. The summed E-state index contributed by atoms with van der Waals surface area (Å²) in [7, 11) is -2.05. The Hall–Kier alpha value is -1.45. The van der Waals surface area contributed by atoms with Crippen LogP contribution in [0.3, 0.4) is 0 Å². The molecule has 26 heavy (non-hydrogen) atoms. The Morgan fingerprint density at radius 1 is 1.08 bits per heavy atom. The molecule has 1 aromatic carbocycles. The fourth-order valence-electron chi connectivity index (χ4n) is 2.94. The first-order chi connectivity index (χ1) is 12.5. The van der Waals surface area contributed by atoms with Crippen LogP contribution >= 0.6 is 7.37 Å². The van der Waals surface area contributed by atoms with E-state index in [1.54, 1.807) is 31.2 Å². The highest BCUT2D eigenvalue weighted by atomic mass is 31.2. The van der Waals surface area contributed by atoms with E-state index in [0.717, 1.165) is 25.7 Å². The van der Waals surface area contributed by atoms with Gasteiger partial charge in [-0.05, 0) is 13.3 Å². The Morgan fingerprint density at radius 2 is 1.77 bits per heavy atom. The maximum atomic E-state index is 13.4. The lowest BCUT2D eigenvalue weighted by atomic mass is 10.0. The number of unbranched alkanes of at least 4 members (excludes halogenated alkanes) is 3. The van der Waals surface area contributed by atoms with Crippen LogP contribution in [-0.2, 0) is 18.6 Å². The topological polar surface area (TPSA) is 69.7 Å². The summed E-state index contributed by atoms with van der Waals surface area (Å²) >= 11 is 0. The molecule has 0 spiro atoms. The van der Waals surface area contributed by atoms with Crippen molar-refractivity contribution in [3.8, 4) is 0 Å². The van der Waals surface area contributed by atoms with Gasteiger partial charge in [-0.15, -0.1) is 0 Å². The molecule has 5 nitrogen and oxygen atoms in total. The van der Waals surface area contributed by atoms with Crippen molar-refractivity contribution in [3.05, 3.63) is 35.9 Å². The number of rotatable bonds is 13. The molecular weight excluding hydrogens is 351 g/mol. The summed E-state index contributed by atoms with van der Waals surface area (Å²) in [5.41, 5.74) is 0.123. The van der Waals surface area contributed by atoms with E-state index in [1.165, 1.54) is 7.11 Å². The number of Topliss-reactive ketones (excluding diaryl/α,β-unsaturated/α-hetero) is 1. The van der Waals surface area contributed by atoms with E-state index in [2.05, 4.69) is 6.92 Å². The molecule has 0 aliphatic rings. The standard InChI is InChI=1S/C20H31O5P/c1-4-6-7-11-14-18(15-19(21)17-12-9-8-10-13-17)26(23,25-5-2)16-20(22)24-3/h8-10,12-13,18H,4-7,11,14-16H2,1-3H3. The summed E-state index contributed by atoms with van der Waals surface area (Å²) < 4.78 is 23.7. The van der Waals surface area contributed by atoms with Crippen molar-refractivity contribution in [2.75, 3.05) is 19.9 Å². The molecule has 0 aliphatic heterocycles. The van der Waals surface area contributed by atoms with Crippen LogP contribution in [0, 0.1) is 0 Å². The number of ether oxygens (including phenoxy) is 1. The summed E-state index contributed by atoms with van der Waals surface area (Å²) in [5.74, 6) is -0.636. The van der Waals surface area contributed by atoms with Crippen molar-refractivity contribution in [2.24, 2.45) is 0 Å². The predicted octanol–water partition coefficient (Wildman–Crippen LogP) is 5.09. The molecular formula is C20H31O5P. The third-order valence-corrected chi connectivity index (χ3v) is 7.34. The Labute approximate surface area is 156 Å². The number of ketones is 1. The number of carbonyl (C=O) groups excluding carboxylic acids is 2. The highest BCUT2D eigenvalue weighted by molar-refractivity contribution is 7.60. The van der Waals surface area contributed by atoms with E-state index in [4.69, 9.17) is 9.26 Å². The molecule has 0 aromatic heterocycles. The van der Waals surface area contributed by atoms with Gasteiger partial charge in [0.25, 0.3) is 0 Å². The van der Waals surface area contributed by atoms with E-state index in [0.29, 0.717) is 12.0 Å². The first-order valence-electron chi connectivity index (χ1n) is 9.35. The van der Waals surface area contributed by atoms with Gasteiger partial charge in [-0.1, -0.05) is 62.9 Å². The van der Waals surface area contributed by atoms with Crippen molar-refractivity contribution in [2.45, 2.75) is 58.0 Å². The van der Waals surface area contributed by atoms with E-state index in [-0.39, 0.29) is 25.0 Å². The highest BCUT2D eigenvalue weighted by Crippen LogP contribution is 2.55. The van der Waals surface area contributed by atoms with Crippen LogP contribution in [0.1, 0.15) is 62.7 Å². The second kappa shape index (κ2) is 12.0. The number of hydrogen-bond acceptors (Lipinski definition) is 5. The lowest BCUT2D eigenvalue weighted by Crippen LogP contribution is -2.22. The second-order valence-electron chi connectivity index (χ2n) is 6.37. The molecule has 0 heterocycles. The van der Waals surface area contributed by atoms with Crippen LogP contribution in [0.4, 0.5) is 0 Å². The molecule has 0 N–H and O–H groups in total. The fraction of sp³-hybridized carbons (Fsp3) is 0.600. The van der Waals surface area contributed by atoms with Gasteiger partial charge in [-0.3, -0.25) is 14.2 Å². The fourth-order valence-corrected chi connectivity index (χ4v) is 5.45. The summed E-state index contributed by atoms with van der Waals surface area (Å²) in [6, 6.07) is 8.96. The molecule has 2 atom stereocenters. The molecule has 0 aliphatic carbocycles.